The van der Waals surface area contributed by atoms with Gasteiger partial charge in [0.15, 0.2) is 0 Å². The molecule has 2 aliphatic heterocycles. The lowest BCUT2D eigenvalue weighted by molar-refractivity contribution is -0.113. The highest BCUT2D eigenvalue weighted by molar-refractivity contribution is 8.00. The van der Waals surface area contributed by atoms with Gasteiger partial charge in [0.25, 0.3) is 0 Å². The van der Waals surface area contributed by atoms with Crippen LogP contribution < -0.4 is 10.6 Å². The lowest BCUT2D eigenvalue weighted by Crippen LogP contribution is -2.37. The van der Waals surface area contributed by atoms with Gasteiger partial charge >= 0.3 is 6.09 Å². The number of hydrogen-bond donors (Lipinski definition) is 2. The molecule has 1 aromatic heterocycles. The highest BCUT2D eigenvalue weighted by atomic mass is 32.2. The first-order chi connectivity index (χ1) is 13.3. The predicted molar refractivity (Wildman–Crippen MR) is 108 cm³/mol. The van der Waals surface area contributed by atoms with Gasteiger partial charge in [0.2, 0.25) is 5.91 Å². The molecular weight excluding hydrogens is 376 g/mol. The van der Waals surface area contributed by atoms with Gasteiger partial charge in [-0.3, -0.25) is 4.79 Å². The fraction of sp³-hybridized carbons (Fsp3) is 0.650. The van der Waals surface area contributed by atoms with Gasteiger partial charge in [-0.1, -0.05) is 0 Å². The summed E-state index contributed by atoms with van der Waals surface area (Å²) in [4.78, 5) is 31.3. The van der Waals surface area contributed by atoms with Crippen LogP contribution in [-0.4, -0.2) is 52.4 Å². The molecule has 28 heavy (non-hydrogen) atoms. The van der Waals surface area contributed by atoms with Crippen molar-refractivity contribution in [3.05, 3.63) is 17.8 Å². The zero-order chi connectivity index (χ0) is 19.9. The number of fused-ring (bicyclic) bond motifs is 2. The zero-order valence-electron chi connectivity index (χ0n) is 16.7. The molecule has 1 aromatic rings. The second kappa shape index (κ2) is 7.55. The molecule has 4 rings (SSSR count). The van der Waals surface area contributed by atoms with Crippen LogP contribution in [-0.2, 0) is 16.1 Å². The van der Waals surface area contributed by atoms with E-state index in [2.05, 4.69) is 15.6 Å². The number of aromatic nitrogens is 1. The van der Waals surface area contributed by atoms with Crippen LogP contribution in [0.5, 0.6) is 0 Å². The SMILES string of the molecule is CC(C)(C)OC(=O)N1C[C@H]2CC(NCc3ccc4c(n3)NC(=O)CS4)C[C@H]2C1. The van der Waals surface area contributed by atoms with Crippen molar-refractivity contribution in [1.82, 2.24) is 15.2 Å². The van der Waals surface area contributed by atoms with Crippen molar-refractivity contribution in [2.75, 3.05) is 24.2 Å². The van der Waals surface area contributed by atoms with Crippen molar-refractivity contribution in [3.63, 3.8) is 0 Å². The second-order valence-electron chi connectivity index (χ2n) is 8.94. The van der Waals surface area contributed by atoms with Gasteiger partial charge in [-0.2, -0.15) is 0 Å². The summed E-state index contributed by atoms with van der Waals surface area (Å²) in [5, 5.41) is 6.45. The monoisotopic (exact) mass is 404 g/mol. The Labute approximate surface area is 170 Å². The van der Waals surface area contributed by atoms with Crippen molar-refractivity contribution in [3.8, 4) is 0 Å². The number of anilines is 1. The number of rotatable bonds is 3. The first kappa shape index (κ1) is 19.5. The van der Waals surface area contributed by atoms with E-state index >= 15 is 0 Å². The molecular formula is C20H28N4O3S. The van der Waals surface area contributed by atoms with Gasteiger partial charge in [0.1, 0.15) is 11.4 Å². The molecule has 1 aliphatic carbocycles. The summed E-state index contributed by atoms with van der Waals surface area (Å²) in [6.07, 6.45) is 1.95. The molecule has 2 amide bonds. The molecule has 0 radical (unpaired) electrons. The standard InChI is InChI=1S/C20H28N4O3S/c1-20(2,3)27-19(26)24-9-12-6-15(7-13(12)10-24)21-8-14-4-5-16-18(22-14)23-17(25)11-28-16/h4-5,12-13,15,21H,6-11H2,1-3H3,(H,22,23,25)/t12-,13+,15?. The first-order valence-corrected chi connectivity index (χ1v) is 10.9. The third-order valence-electron chi connectivity index (χ3n) is 5.51. The predicted octanol–water partition coefficient (Wildman–Crippen LogP) is 2.86. The maximum Gasteiger partial charge on any atom is 0.410 e. The topological polar surface area (TPSA) is 83.6 Å². The number of likely N-dealkylation sites (tertiary alicyclic amines) is 1. The Hall–Kier alpha value is -1.80. The molecule has 1 saturated carbocycles. The number of amides is 2. The van der Waals surface area contributed by atoms with Crippen LogP contribution in [0, 0.1) is 11.8 Å². The van der Waals surface area contributed by atoms with Crippen LogP contribution in [0.15, 0.2) is 17.0 Å². The highest BCUT2D eigenvalue weighted by Gasteiger charge is 2.43. The van der Waals surface area contributed by atoms with E-state index in [0.29, 0.717) is 36.0 Å². The number of nitrogens with zero attached hydrogens (tertiary/aromatic N) is 2. The quantitative estimate of drug-likeness (QED) is 0.806. The number of pyridine rings is 1. The van der Waals surface area contributed by atoms with E-state index in [1.165, 1.54) is 11.8 Å². The molecule has 3 atom stereocenters. The zero-order valence-corrected chi connectivity index (χ0v) is 17.5. The molecule has 0 spiro atoms. The second-order valence-corrected chi connectivity index (χ2v) is 9.96. The highest BCUT2D eigenvalue weighted by Crippen LogP contribution is 2.38. The van der Waals surface area contributed by atoms with Crippen LogP contribution in [0.1, 0.15) is 39.3 Å². The Bertz CT molecular complexity index is 765. The van der Waals surface area contributed by atoms with E-state index in [0.717, 1.165) is 36.5 Å². The van der Waals surface area contributed by atoms with E-state index in [4.69, 9.17) is 4.74 Å². The van der Waals surface area contributed by atoms with E-state index in [1.807, 2.05) is 37.8 Å². The summed E-state index contributed by atoms with van der Waals surface area (Å²) in [6, 6.07) is 4.50. The number of hydrogen-bond acceptors (Lipinski definition) is 6. The van der Waals surface area contributed by atoms with Crippen LogP contribution in [0.25, 0.3) is 0 Å². The molecule has 152 valence electrons. The van der Waals surface area contributed by atoms with Crippen LogP contribution in [0.2, 0.25) is 0 Å². The van der Waals surface area contributed by atoms with Gasteiger partial charge in [-0.05, 0) is 57.6 Å². The van der Waals surface area contributed by atoms with Gasteiger partial charge < -0.3 is 20.3 Å². The van der Waals surface area contributed by atoms with E-state index in [-0.39, 0.29) is 12.0 Å². The molecule has 0 aromatic carbocycles. The lowest BCUT2D eigenvalue weighted by atomic mass is 10.0. The maximum atomic E-state index is 12.3. The Morgan fingerprint density at radius 2 is 2.04 bits per heavy atom. The minimum atomic E-state index is -0.446. The number of nitrogens with one attached hydrogen (secondary N) is 2. The first-order valence-electron chi connectivity index (χ1n) is 9.91. The molecule has 2 fully saturated rings. The molecule has 0 bridgehead atoms. The number of carbonyl (C=O) groups excluding carboxylic acids is 2. The number of thioether (sulfide) groups is 1. The fourth-order valence-corrected chi connectivity index (χ4v) is 5.05. The van der Waals surface area contributed by atoms with Crippen molar-refractivity contribution in [2.24, 2.45) is 11.8 Å². The summed E-state index contributed by atoms with van der Waals surface area (Å²) < 4.78 is 5.50. The van der Waals surface area contributed by atoms with E-state index < -0.39 is 5.60 Å². The van der Waals surface area contributed by atoms with Crippen molar-refractivity contribution in [1.29, 1.82) is 0 Å². The van der Waals surface area contributed by atoms with Crippen LogP contribution in [0.4, 0.5) is 10.6 Å². The summed E-state index contributed by atoms with van der Waals surface area (Å²) in [5.74, 6) is 2.22. The smallest absolute Gasteiger partial charge is 0.410 e. The summed E-state index contributed by atoms with van der Waals surface area (Å²) in [5.41, 5.74) is 0.493. The van der Waals surface area contributed by atoms with Crippen molar-refractivity contribution in [2.45, 2.75) is 56.7 Å². The third-order valence-corrected chi connectivity index (χ3v) is 6.55. The third kappa shape index (κ3) is 4.43. The van der Waals surface area contributed by atoms with Crippen LogP contribution in [0.3, 0.4) is 0 Å². The van der Waals surface area contributed by atoms with Crippen molar-refractivity contribution >= 4 is 29.6 Å². The Morgan fingerprint density at radius 1 is 1.32 bits per heavy atom. The Morgan fingerprint density at radius 3 is 2.71 bits per heavy atom. The van der Waals surface area contributed by atoms with Crippen LogP contribution >= 0.6 is 11.8 Å². The average molecular weight is 405 g/mol. The molecule has 3 aliphatic rings. The Balaban J connectivity index is 1.27. The minimum absolute atomic E-state index is 0.00766. The molecule has 2 N–H and O–H groups in total. The minimum Gasteiger partial charge on any atom is -0.444 e. The number of carbonyl (C=O) groups is 2. The molecule has 3 heterocycles. The number of ether oxygens (including phenoxy) is 1. The summed E-state index contributed by atoms with van der Waals surface area (Å²) in [7, 11) is 0. The summed E-state index contributed by atoms with van der Waals surface area (Å²) in [6.45, 7) is 7.98. The van der Waals surface area contributed by atoms with Crippen molar-refractivity contribution < 1.29 is 14.3 Å². The lowest BCUT2D eigenvalue weighted by Gasteiger charge is -2.25. The normalized spacial score (nSPS) is 26.6. The molecule has 8 heteroatoms. The summed E-state index contributed by atoms with van der Waals surface area (Å²) >= 11 is 1.53. The van der Waals surface area contributed by atoms with E-state index in [1.54, 1.807) is 0 Å². The molecule has 1 unspecified atom stereocenters. The van der Waals surface area contributed by atoms with Gasteiger partial charge in [0.05, 0.1) is 16.3 Å². The molecule has 7 nitrogen and oxygen atoms in total. The van der Waals surface area contributed by atoms with Gasteiger partial charge in [0, 0.05) is 25.7 Å². The Kier molecular flexibility index (Phi) is 5.26. The largest absolute Gasteiger partial charge is 0.444 e. The molecule has 1 saturated heterocycles. The maximum absolute atomic E-state index is 12.3. The fourth-order valence-electron chi connectivity index (χ4n) is 4.29. The average Bonchev–Trinajstić information content (AvgIpc) is 3.16. The van der Waals surface area contributed by atoms with E-state index in [9.17, 15) is 9.59 Å². The van der Waals surface area contributed by atoms with Gasteiger partial charge in [-0.15, -0.1) is 11.8 Å². The van der Waals surface area contributed by atoms with Gasteiger partial charge in [-0.25, -0.2) is 9.78 Å².